The number of nitrogens with zero attached hydrogens (tertiary/aromatic N) is 3. The van der Waals surface area contributed by atoms with Crippen molar-refractivity contribution >= 4 is 0 Å². The molecule has 1 fully saturated rings. The average molecular weight is 272 g/mol. The summed E-state index contributed by atoms with van der Waals surface area (Å²) in [5, 5.41) is 11.7. The first kappa shape index (κ1) is 11.7. The van der Waals surface area contributed by atoms with Gasteiger partial charge < -0.3 is 14.8 Å². The van der Waals surface area contributed by atoms with Crippen molar-refractivity contribution in [1.29, 1.82) is 0 Å². The zero-order valence-corrected chi connectivity index (χ0v) is 11.1. The van der Waals surface area contributed by atoms with Crippen molar-refractivity contribution in [3.05, 3.63) is 24.4 Å². The third-order valence-electron chi connectivity index (χ3n) is 3.69. The zero-order valence-electron chi connectivity index (χ0n) is 11.1. The fraction of sp³-hybridized carbons (Fsp3) is 0.429. The highest BCUT2D eigenvalue weighted by molar-refractivity contribution is 5.63. The number of nitrogens with one attached hydrogen (secondary N) is 1. The molecule has 104 valence electrons. The Morgan fingerprint density at radius 3 is 2.80 bits per heavy atom. The Morgan fingerprint density at radius 1 is 1.15 bits per heavy atom. The lowest BCUT2D eigenvalue weighted by Crippen LogP contribution is -2.43. The molecule has 0 spiro atoms. The van der Waals surface area contributed by atoms with E-state index in [9.17, 15) is 0 Å². The summed E-state index contributed by atoms with van der Waals surface area (Å²) in [5.74, 6) is 1.60. The molecule has 0 bridgehead atoms. The number of hydrogen-bond donors (Lipinski definition) is 1. The lowest BCUT2D eigenvalue weighted by Gasteiger charge is -2.26. The third-order valence-corrected chi connectivity index (χ3v) is 3.69. The number of fused-ring (bicyclic) bond motifs is 1. The summed E-state index contributed by atoms with van der Waals surface area (Å²) in [4.78, 5) is 0. The van der Waals surface area contributed by atoms with Gasteiger partial charge in [-0.1, -0.05) is 5.21 Å². The van der Waals surface area contributed by atoms with Gasteiger partial charge >= 0.3 is 0 Å². The Balaban J connectivity index is 1.64. The molecule has 6 heteroatoms. The molecule has 1 N–H and O–H groups in total. The lowest BCUT2D eigenvalue weighted by atomic mass is 10.1. The van der Waals surface area contributed by atoms with Crippen molar-refractivity contribution < 1.29 is 9.47 Å². The monoisotopic (exact) mass is 272 g/mol. The largest absolute Gasteiger partial charge is 0.490 e. The van der Waals surface area contributed by atoms with Crippen molar-refractivity contribution in [3.63, 3.8) is 0 Å². The Kier molecular flexibility index (Phi) is 2.81. The van der Waals surface area contributed by atoms with Crippen LogP contribution in [-0.4, -0.2) is 41.3 Å². The number of aromatic nitrogens is 3. The van der Waals surface area contributed by atoms with Gasteiger partial charge in [0.2, 0.25) is 0 Å². The predicted molar refractivity (Wildman–Crippen MR) is 73.0 cm³/mol. The summed E-state index contributed by atoms with van der Waals surface area (Å²) in [6.45, 7) is 3.32. The van der Waals surface area contributed by atoms with Gasteiger partial charge in [0, 0.05) is 25.1 Å². The molecule has 2 aliphatic heterocycles. The van der Waals surface area contributed by atoms with Crippen molar-refractivity contribution in [2.75, 3.05) is 26.3 Å². The van der Waals surface area contributed by atoms with Gasteiger partial charge in [0.05, 0.1) is 25.5 Å². The van der Waals surface area contributed by atoms with Crippen LogP contribution in [0.1, 0.15) is 12.5 Å². The highest BCUT2D eigenvalue weighted by Gasteiger charge is 2.20. The molecule has 0 amide bonds. The molecule has 0 aliphatic carbocycles. The molecule has 20 heavy (non-hydrogen) atoms. The van der Waals surface area contributed by atoms with Gasteiger partial charge in [-0.2, -0.15) is 0 Å². The fourth-order valence-corrected chi connectivity index (χ4v) is 2.37. The second-order valence-corrected chi connectivity index (χ2v) is 5.11. The molecule has 4 rings (SSSR count). The second-order valence-electron chi connectivity index (χ2n) is 5.11. The first-order chi connectivity index (χ1) is 9.90. The van der Waals surface area contributed by atoms with E-state index in [1.165, 1.54) is 0 Å². The summed E-state index contributed by atoms with van der Waals surface area (Å²) in [7, 11) is 0. The Bertz CT molecular complexity index is 621. The molecule has 0 atom stereocenters. The van der Waals surface area contributed by atoms with Crippen LogP contribution in [0.4, 0.5) is 0 Å². The van der Waals surface area contributed by atoms with E-state index in [0.717, 1.165) is 42.3 Å². The summed E-state index contributed by atoms with van der Waals surface area (Å²) in [6.07, 6.45) is 2.90. The minimum atomic E-state index is 0.427. The van der Waals surface area contributed by atoms with Crippen LogP contribution in [0.25, 0.3) is 11.3 Å². The van der Waals surface area contributed by atoms with Crippen LogP contribution < -0.4 is 14.8 Å². The van der Waals surface area contributed by atoms with Gasteiger partial charge in [0.1, 0.15) is 5.69 Å². The van der Waals surface area contributed by atoms with Gasteiger partial charge in [0.25, 0.3) is 0 Å². The summed E-state index contributed by atoms with van der Waals surface area (Å²) < 4.78 is 13.3. The topological polar surface area (TPSA) is 61.2 Å². The van der Waals surface area contributed by atoms with Crippen molar-refractivity contribution in [1.82, 2.24) is 20.3 Å². The smallest absolute Gasteiger partial charge is 0.161 e. The van der Waals surface area contributed by atoms with Gasteiger partial charge in [-0.15, -0.1) is 5.10 Å². The molecular weight excluding hydrogens is 256 g/mol. The maximum atomic E-state index is 5.71. The maximum Gasteiger partial charge on any atom is 0.161 e. The van der Waals surface area contributed by atoms with E-state index in [1.54, 1.807) is 0 Å². The van der Waals surface area contributed by atoms with Crippen LogP contribution in [0, 0.1) is 0 Å². The van der Waals surface area contributed by atoms with Crippen LogP contribution >= 0.6 is 0 Å². The quantitative estimate of drug-likeness (QED) is 0.891. The van der Waals surface area contributed by atoms with Crippen molar-refractivity contribution in [2.24, 2.45) is 0 Å². The third kappa shape index (κ3) is 2.02. The molecule has 1 saturated heterocycles. The first-order valence-electron chi connectivity index (χ1n) is 6.93. The molecule has 2 aromatic rings. The number of hydrogen-bond acceptors (Lipinski definition) is 5. The second kappa shape index (κ2) is 4.79. The summed E-state index contributed by atoms with van der Waals surface area (Å²) in [6, 6.07) is 6.35. The fourth-order valence-electron chi connectivity index (χ4n) is 2.37. The van der Waals surface area contributed by atoms with E-state index in [-0.39, 0.29) is 0 Å². The lowest BCUT2D eigenvalue weighted by molar-refractivity contribution is 0.297. The van der Waals surface area contributed by atoms with Gasteiger partial charge in [-0.3, -0.25) is 0 Å². The molecular formula is C14H16N4O2. The standard InChI is InChI=1S/C14H16N4O2/c1-4-19-13-3-2-10(6-14(13)20-5-1)12-9-18(17-16-12)11-7-15-8-11/h2-3,6,9,11,15H,1,4-5,7-8H2. The van der Waals surface area contributed by atoms with Crippen LogP contribution in [0.15, 0.2) is 24.4 Å². The van der Waals surface area contributed by atoms with E-state index >= 15 is 0 Å². The molecule has 2 aliphatic rings. The molecule has 1 aromatic carbocycles. The van der Waals surface area contributed by atoms with Crippen LogP contribution in [0.5, 0.6) is 11.5 Å². The Morgan fingerprint density at radius 2 is 2.00 bits per heavy atom. The number of benzene rings is 1. The minimum absolute atomic E-state index is 0.427. The molecule has 3 heterocycles. The van der Waals surface area contributed by atoms with Crippen molar-refractivity contribution in [3.8, 4) is 22.8 Å². The maximum absolute atomic E-state index is 5.71. The highest BCUT2D eigenvalue weighted by Crippen LogP contribution is 2.33. The Hall–Kier alpha value is -2.08. The molecule has 1 aromatic heterocycles. The predicted octanol–water partition coefficient (Wildman–Crippen LogP) is 1.25. The normalized spacial score (nSPS) is 18.4. The summed E-state index contributed by atoms with van der Waals surface area (Å²) >= 11 is 0. The number of ether oxygens (including phenoxy) is 2. The summed E-state index contributed by atoms with van der Waals surface area (Å²) in [5.41, 5.74) is 1.88. The minimum Gasteiger partial charge on any atom is -0.490 e. The average Bonchev–Trinajstić information content (AvgIpc) is 2.75. The molecule has 6 nitrogen and oxygen atoms in total. The van der Waals surface area contributed by atoms with E-state index < -0.39 is 0 Å². The Labute approximate surface area is 116 Å². The first-order valence-corrected chi connectivity index (χ1v) is 6.93. The van der Waals surface area contributed by atoms with Gasteiger partial charge in [-0.25, -0.2) is 4.68 Å². The highest BCUT2D eigenvalue weighted by atomic mass is 16.5. The SMILES string of the molecule is c1cc2c(cc1-c1cn(C3CNC3)nn1)OCCCO2. The molecule has 0 saturated carbocycles. The van der Waals surface area contributed by atoms with Crippen LogP contribution in [-0.2, 0) is 0 Å². The molecule has 0 radical (unpaired) electrons. The number of rotatable bonds is 2. The van der Waals surface area contributed by atoms with Crippen LogP contribution in [0.3, 0.4) is 0 Å². The van der Waals surface area contributed by atoms with Gasteiger partial charge in [0.15, 0.2) is 11.5 Å². The van der Waals surface area contributed by atoms with E-state index in [4.69, 9.17) is 9.47 Å². The van der Waals surface area contributed by atoms with E-state index in [0.29, 0.717) is 19.3 Å². The molecule has 0 unspecified atom stereocenters. The van der Waals surface area contributed by atoms with Crippen molar-refractivity contribution in [2.45, 2.75) is 12.5 Å². The van der Waals surface area contributed by atoms with Gasteiger partial charge in [-0.05, 0) is 18.2 Å². The van der Waals surface area contributed by atoms with Crippen LogP contribution in [0.2, 0.25) is 0 Å². The van der Waals surface area contributed by atoms with E-state index in [1.807, 2.05) is 29.1 Å². The zero-order chi connectivity index (χ0) is 13.4. The van der Waals surface area contributed by atoms with E-state index in [2.05, 4.69) is 15.6 Å².